The van der Waals surface area contributed by atoms with Gasteiger partial charge in [-0.15, -0.1) is 0 Å². The molecule has 0 amide bonds. The summed E-state index contributed by atoms with van der Waals surface area (Å²) in [5.41, 5.74) is -13.7. The molecule has 3 heterocycles. The molecule has 19 N–H and O–H groups in total. The van der Waals surface area contributed by atoms with Crippen LogP contribution < -0.4 is 0 Å². The number of carbonyl (C=O) groups excluding carboxylic acids is 4. The van der Waals surface area contributed by atoms with Crippen LogP contribution in [0.15, 0.2) is 106 Å². The lowest BCUT2D eigenvalue weighted by molar-refractivity contribution is -0.264. The molecule has 0 bridgehead atoms. The summed E-state index contributed by atoms with van der Waals surface area (Å²) in [5, 5.41) is 211. The number of aromatic hydroxyl groups is 2. The molecule has 26 nitrogen and oxygen atoms in total. The minimum absolute atomic E-state index is 0.143. The fraction of sp³-hybridized carbons (Fsp3) is 0.417. The van der Waals surface area contributed by atoms with Crippen molar-refractivity contribution in [3.63, 3.8) is 0 Å². The molecule has 74 heavy (non-hydrogen) atoms. The first-order chi connectivity index (χ1) is 34.8. The molecule has 26 heteroatoms. The van der Waals surface area contributed by atoms with Crippen molar-refractivity contribution < 1.29 is 130 Å². The molecule has 400 valence electrons. The molecule has 5 aliphatic rings. The summed E-state index contributed by atoms with van der Waals surface area (Å²) in [4.78, 5) is 59.4. The highest BCUT2D eigenvalue weighted by atomic mass is 16.6. The maximum Gasteiger partial charge on any atom is 0.219 e. The van der Waals surface area contributed by atoms with Gasteiger partial charge in [0.05, 0.1) is 31.3 Å². The molecule has 2 aromatic rings. The number of aliphatic hydroxyl groups excluding tert-OH is 15. The molecule has 0 spiro atoms. The van der Waals surface area contributed by atoms with Crippen LogP contribution in [0.5, 0.6) is 11.5 Å². The first kappa shape index (κ1) is 55.5. The number of hydrogen-bond acceptors (Lipinski definition) is 26. The Bertz CT molecular complexity index is 2720. The van der Waals surface area contributed by atoms with Gasteiger partial charge in [-0.25, -0.2) is 0 Å². The van der Waals surface area contributed by atoms with Crippen LogP contribution in [0.4, 0.5) is 0 Å². The van der Waals surface area contributed by atoms with Crippen molar-refractivity contribution in [1.82, 2.24) is 0 Å². The lowest BCUT2D eigenvalue weighted by Gasteiger charge is -2.47. The molecule has 2 aromatic carbocycles. The Balaban J connectivity index is 1.58. The number of carbonyl (C=O) groups is 4. The predicted molar refractivity (Wildman–Crippen MR) is 241 cm³/mol. The molecule has 0 unspecified atom stereocenters. The highest BCUT2D eigenvalue weighted by Crippen LogP contribution is 2.54. The van der Waals surface area contributed by atoms with E-state index in [2.05, 4.69) is 0 Å². The fourth-order valence-corrected chi connectivity index (χ4v) is 9.46. The third-order valence-corrected chi connectivity index (χ3v) is 13.5. The van der Waals surface area contributed by atoms with Crippen molar-refractivity contribution in [3.05, 3.63) is 117 Å². The van der Waals surface area contributed by atoms with Crippen LogP contribution in [0.1, 0.15) is 11.1 Å². The van der Waals surface area contributed by atoms with E-state index in [-0.39, 0.29) is 22.6 Å². The average Bonchev–Trinajstić information content (AvgIpc) is 3.78. The highest BCUT2D eigenvalue weighted by Gasteiger charge is 2.70. The second-order valence-corrected chi connectivity index (χ2v) is 18.0. The van der Waals surface area contributed by atoms with Gasteiger partial charge < -0.3 is 111 Å². The Hall–Kier alpha value is -6.28. The van der Waals surface area contributed by atoms with Gasteiger partial charge in [-0.05, 0) is 47.5 Å². The molecule has 0 radical (unpaired) electrons. The Kier molecular flexibility index (Phi) is 15.9. The molecule has 0 aromatic heterocycles. The number of benzene rings is 2. The normalized spacial score (nSPS) is 35.8. The fourth-order valence-electron chi connectivity index (χ4n) is 9.46. The van der Waals surface area contributed by atoms with E-state index in [0.717, 1.165) is 12.2 Å². The van der Waals surface area contributed by atoms with Crippen LogP contribution in [0.2, 0.25) is 0 Å². The summed E-state index contributed by atoms with van der Waals surface area (Å²) >= 11 is 0. The second kappa shape index (κ2) is 21.2. The first-order valence-electron chi connectivity index (χ1n) is 22.4. The molecule has 7 rings (SSSR count). The number of rotatable bonds is 14. The van der Waals surface area contributed by atoms with Crippen molar-refractivity contribution in [3.8, 4) is 11.5 Å². The lowest BCUT2D eigenvalue weighted by Crippen LogP contribution is -2.71. The van der Waals surface area contributed by atoms with Gasteiger partial charge in [-0.1, -0.05) is 36.4 Å². The Morgan fingerprint density at radius 1 is 0.608 bits per heavy atom. The van der Waals surface area contributed by atoms with E-state index in [1.165, 1.54) is 48.5 Å². The summed E-state index contributed by atoms with van der Waals surface area (Å²) < 4.78 is 16.9. The van der Waals surface area contributed by atoms with Crippen molar-refractivity contribution in [2.24, 2.45) is 5.92 Å². The molecular formula is C48H52O26. The quantitative estimate of drug-likeness (QED) is 0.0362. The first-order valence-corrected chi connectivity index (χ1v) is 22.4. The molecule has 2 saturated heterocycles. The number of aliphatic hydroxyl groups is 17. The Morgan fingerprint density at radius 2 is 1.08 bits per heavy atom. The predicted octanol–water partition coefficient (Wildman–Crippen LogP) is -5.94. The van der Waals surface area contributed by atoms with E-state index in [1.807, 2.05) is 0 Å². The molecule has 2 aliphatic carbocycles. The summed E-state index contributed by atoms with van der Waals surface area (Å²) in [5.74, 6) is -17.5. The van der Waals surface area contributed by atoms with E-state index in [0.29, 0.717) is 12.2 Å². The van der Waals surface area contributed by atoms with E-state index in [9.17, 15) is 111 Å². The third-order valence-electron chi connectivity index (χ3n) is 13.5. The lowest BCUT2D eigenvalue weighted by atomic mass is 9.65. The van der Waals surface area contributed by atoms with E-state index < -0.39 is 191 Å². The SMILES string of the molecule is O=C(/C=C/c1ccc(O)cc1)C1=C(O)C2=C(O[C@H]([C@H](O)[C@H](O)[C@H](O)CO)[C@H]2C2=C(O)C(=C(O)/C=C/c3ccc(O)cc3)C(=O)[C@](O)([C@@H]3O[C@H](CO)[C@H](O)[C@@H](O)[C@@H]3O)C2=O)[C@@](O)([C@@H]2O[C@@H](CO)[C@H](O)[C@H](O)[C@@H]2O)C1=O. The Morgan fingerprint density at radius 3 is 1.55 bits per heavy atom. The summed E-state index contributed by atoms with van der Waals surface area (Å²) in [6, 6.07) is 9.81. The summed E-state index contributed by atoms with van der Waals surface area (Å²) in [6.07, 6.45) is -31.7. The van der Waals surface area contributed by atoms with Gasteiger partial charge in [-0.3, -0.25) is 19.2 Å². The minimum Gasteiger partial charge on any atom is -0.508 e. The molecule has 17 atom stereocenters. The maximum atomic E-state index is 15.4. The standard InChI is InChI=1S/C48H52O26/c49-13-22(56)30(57)37(64)40-27(28-33(60)25(20(54)11-5-16-1-7-18(52)8-2-16)41(67)47(70,43(28)69)45-38(65)35(62)31(58)23(14-50)72-45)29-34(61)26(21(55)12-6-17-3-9-19(53)10-4-17)42(68)48(71,44(29)74-40)46-39(66)36(63)32(59)24(15-51)73-46/h1-12,22-24,27,30-32,35-40,45-46,49-54,56-66,70-71H,13-15H2/b11-5+,12-6+,25-20?/t22-,23-,24+,27+,30-,31+,32+,35-,36+,37-,38+,39+,40+,45-,46-,47-,48-/m1/s1. The van der Waals surface area contributed by atoms with Crippen molar-refractivity contribution >= 4 is 35.3 Å². The van der Waals surface area contributed by atoms with Crippen LogP contribution in [0.25, 0.3) is 12.2 Å². The molecule has 2 fully saturated rings. The van der Waals surface area contributed by atoms with Crippen molar-refractivity contribution in [2.75, 3.05) is 19.8 Å². The van der Waals surface area contributed by atoms with Crippen LogP contribution in [0, 0.1) is 5.92 Å². The zero-order valence-corrected chi connectivity index (χ0v) is 38.1. The van der Waals surface area contributed by atoms with Gasteiger partial charge in [0.1, 0.15) is 131 Å². The van der Waals surface area contributed by atoms with Gasteiger partial charge in [0.25, 0.3) is 0 Å². The van der Waals surface area contributed by atoms with Gasteiger partial charge in [0, 0.05) is 5.57 Å². The average molecular weight is 1040 g/mol. The number of ether oxygens (including phenoxy) is 3. The van der Waals surface area contributed by atoms with Gasteiger partial charge in [0.15, 0.2) is 5.78 Å². The highest BCUT2D eigenvalue weighted by molar-refractivity contribution is 6.30. The number of phenolic OH excluding ortho intramolecular Hbond substituents is 2. The van der Waals surface area contributed by atoms with Gasteiger partial charge >= 0.3 is 0 Å². The monoisotopic (exact) mass is 1040 g/mol. The van der Waals surface area contributed by atoms with Crippen LogP contribution >= 0.6 is 0 Å². The zero-order chi connectivity index (χ0) is 54.6. The van der Waals surface area contributed by atoms with Crippen molar-refractivity contribution in [2.45, 2.75) is 96.7 Å². The molecular weight excluding hydrogens is 993 g/mol. The van der Waals surface area contributed by atoms with Crippen LogP contribution in [-0.2, 0) is 33.4 Å². The number of hydrogen-bond donors (Lipinski definition) is 19. The third kappa shape index (κ3) is 9.12. The molecule has 0 saturated carbocycles. The zero-order valence-electron chi connectivity index (χ0n) is 38.1. The number of ketones is 4. The summed E-state index contributed by atoms with van der Waals surface area (Å²) in [7, 11) is 0. The number of Topliss-reactive ketones (excluding diaryl/α,β-unsaturated/α-hetero) is 3. The Labute approximate surface area is 416 Å². The maximum absolute atomic E-state index is 15.4. The number of phenols is 2. The van der Waals surface area contributed by atoms with Crippen LogP contribution in [0.3, 0.4) is 0 Å². The minimum atomic E-state index is -4.13. The van der Waals surface area contributed by atoms with Gasteiger partial charge in [-0.2, -0.15) is 0 Å². The van der Waals surface area contributed by atoms with E-state index in [4.69, 9.17) is 14.2 Å². The van der Waals surface area contributed by atoms with E-state index >= 15 is 4.79 Å². The van der Waals surface area contributed by atoms with Crippen LogP contribution in [-0.4, -0.2) is 237 Å². The number of allylic oxidation sites excluding steroid dienone is 4. The van der Waals surface area contributed by atoms with E-state index in [1.54, 1.807) is 0 Å². The van der Waals surface area contributed by atoms with Crippen molar-refractivity contribution in [1.29, 1.82) is 0 Å². The largest absolute Gasteiger partial charge is 0.508 e. The summed E-state index contributed by atoms with van der Waals surface area (Å²) in [6.45, 7) is -3.83. The molecule has 3 aliphatic heterocycles. The van der Waals surface area contributed by atoms with Gasteiger partial charge in [0.2, 0.25) is 28.6 Å². The second-order valence-electron chi connectivity index (χ2n) is 18.0. The topological polar surface area (TPSA) is 480 Å². The smallest absolute Gasteiger partial charge is 0.219 e.